The van der Waals surface area contributed by atoms with Gasteiger partial charge in [0, 0.05) is 0 Å². The molecule has 0 aliphatic rings. The van der Waals surface area contributed by atoms with Crippen LogP contribution in [0.5, 0.6) is 5.75 Å². The van der Waals surface area contributed by atoms with Crippen LogP contribution in [0.2, 0.25) is 0 Å². The summed E-state index contributed by atoms with van der Waals surface area (Å²) in [6, 6.07) is 0. The van der Waals surface area contributed by atoms with Crippen LogP contribution < -0.4 is 16.0 Å². The van der Waals surface area contributed by atoms with Gasteiger partial charge in [0.05, 0.1) is 13.0 Å². The number of amides is 1. The summed E-state index contributed by atoms with van der Waals surface area (Å²) in [6.45, 7) is -0.596. The molecule has 9 heteroatoms. The van der Waals surface area contributed by atoms with E-state index in [9.17, 15) is 26.7 Å². The largest absolute Gasteiger partial charge is 0.487 e. The molecule has 4 nitrogen and oxygen atoms in total. The third-order valence-corrected chi connectivity index (χ3v) is 1.91. The maximum atomic E-state index is 13.0. The average Bonchev–Trinajstić information content (AvgIpc) is 2.37. The Balaban J connectivity index is 2.93. The maximum absolute atomic E-state index is 13.0. The van der Waals surface area contributed by atoms with Gasteiger partial charge in [-0.15, -0.1) is 0 Å². The number of carbonyl (C=O) groups is 1. The molecule has 0 radical (unpaired) electrons. The molecule has 0 bridgehead atoms. The Morgan fingerprint density at radius 2 is 1.44 bits per heavy atom. The van der Waals surface area contributed by atoms with E-state index in [0.717, 1.165) is 0 Å². The summed E-state index contributed by atoms with van der Waals surface area (Å²) in [6.07, 6.45) is -0.407. The van der Waals surface area contributed by atoms with Crippen molar-refractivity contribution in [2.75, 3.05) is 6.61 Å². The molecule has 0 saturated heterocycles. The number of nitrogens with one attached hydrogen (secondary N) is 1. The fourth-order valence-electron chi connectivity index (χ4n) is 1.03. The van der Waals surface area contributed by atoms with Crippen molar-refractivity contribution in [2.45, 2.75) is 6.42 Å². The van der Waals surface area contributed by atoms with Gasteiger partial charge in [-0.3, -0.25) is 10.2 Å². The zero-order chi connectivity index (χ0) is 13.9. The molecule has 0 heterocycles. The van der Waals surface area contributed by atoms with E-state index in [4.69, 9.17) is 5.84 Å². The number of carbonyl (C=O) groups excluding carboxylic acids is 1. The van der Waals surface area contributed by atoms with Crippen molar-refractivity contribution >= 4 is 5.91 Å². The Kier molecular flexibility index (Phi) is 4.43. The fraction of sp³-hybridized carbons (Fsp3) is 0.222. The van der Waals surface area contributed by atoms with E-state index < -0.39 is 53.8 Å². The first-order valence-electron chi connectivity index (χ1n) is 4.53. The van der Waals surface area contributed by atoms with Crippen LogP contribution in [0.3, 0.4) is 0 Å². The van der Waals surface area contributed by atoms with E-state index >= 15 is 0 Å². The van der Waals surface area contributed by atoms with Gasteiger partial charge in [0.1, 0.15) is 0 Å². The quantitative estimate of drug-likeness (QED) is 0.215. The molecule has 1 amide bonds. The molecule has 1 rings (SSSR count). The minimum Gasteiger partial charge on any atom is -0.487 e. The Bertz CT molecular complexity index is 452. The van der Waals surface area contributed by atoms with Gasteiger partial charge in [0.15, 0.2) is 5.75 Å². The molecule has 0 saturated carbocycles. The van der Waals surface area contributed by atoms with Gasteiger partial charge in [-0.1, -0.05) is 0 Å². The molecule has 0 fully saturated rings. The second-order valence-corrected chi connectivity index (χ2v) is 3.07. The Morgan fingerprint density at radius 1 is 1.00 bits per heavy atom. The van der Waals surface area contributed by atoms with E-state index in [2.05, 4.69) is 4.74 Å². The second kappa shape index (κ2) is 5.63. The van der Waals surface area contributed by atoms with E-state index in [-0.39, 0.29) is 0 Å². The number of halogens is 5. The molecule has 0 spiro atoms. The standard InChI is InChI=1S/C9H7F5N2O2/c10-4-5(11)7(13)9(8(14)6(4)12)18-2-1-3(17)16-15/h1-2,15H2,(H,16,17). The number of hydrogen-bond acceptors (Lipinski definition) is 3. The van der Waals surface area contributed by atoms with Gasteiger partial charge in [-0.25, -0.2) is 19.0 Å². The van der Waals surface area contributed by atoms with E-state index in [1.165, 1.54) is 0 Å². The molecule has 100 valence electrons. The summed E-state index contributed by atoms with van der Waals surface area (Å²) in [4.78, 5) is 10.6. The highest BCUT2D eigenvalue weighted by molar-refractivity contribution is 5.75. The highest BCUT2D eigenvalue weighted by Gasteiger charge is 2.26. The van der Waals surface area contributed by atoms with Crippen LogP contribution >= 0.6 is 0 Å². The first-order chi connectivity index (χ1) is 8.40. The lowest BCUT2D eigenvalue weighted by Gasteiger charge is -2.09. The van der Waals surface area contributed by atoms with Crippen molar-refractivity contribution in [1.82, 2.24) is 5.43 Å². The van der Waals surface area contributed by atoms with Crippen molar-refractivity contribution in [3.63, 3.8) is 0 Å². The van der Waals surface area contributed by atoms with Crippen LogP contribution in [0.1, 0.15) is 6.42 Å². The average molecular weight is 270 g/mol. The van der Waals surface area contributed by atoms with Gasteiger partial charge >= 0.3 is 0 Å². The van der Waals surface area contributed by atoms with E-state index in [0.29, 0.717) is 0 Å². The predicted molar refractivity (Wildman–Crippen MR) is 48.7 cm³/mol. The van der Waals surface area contributed by atoms with E-state index in [1.54, 1.807) is 5.43 Å². The molecule has 0 aliphatic heterocycles. The fourth-order valence-corrected chi connectivity index (χ4v) is 1.03. The van der Waals surface area contributed by atoms with Gasteiger partial charge < -0.3 is 4.74 Å². The molecule has 0 aromatic heterocycles. The first kappa shape index (κ1) is 14.2. The maximum Gasteiger partial charge on any atom is 0.237 e. The van der Waals surface area contributed by atoms with Crippen molar-refractivity contribution in [3.8, 4) is 5.75 Å². The van der Waals surface area contributed by atoms with Crippen molar-refractivity contribution in [1.29, 1.82) is 0 Å². The summed E-state index contributed by atoms with van der Waals surface area (Å²) in [7, 11) is 0. The lowest BCUT2D eigenvalue weighted by molar-refractivity contribution is -0.121. The third-order valence-electron chi connectivity index (χ3n) is 1.91. The summed E-state index contributed by atoms with van der Waals surface area (Å²) in [5, 5.41) is 0. The SMILES string of the molecule is NNC(=O)CCOc1c(F)c(F)c(F)c(F)c1F. The summed E-state index contributed by atoms with van der Waals surface area (Å²) >= 11 is 0. The van der Waals surface area contributed by atoms with Crippen molar-refractivity contribution in [3.05, 3.63) is 29.1 Å². The molecule has 1 aromatic carbocycles. The molecule has 0 atom stereocenters. The van der Waals surface area contributed by atoms with Crippen LogP contribution in [0.4, 0.5) is 22.0 Å². The number of rotatable bonds is 4. The number of ether oxygens (including phenoxy) is 1. The van der Waals surface area contributed by atoms with Crippen molar-refractivity contribution < 1.29 is 31.5 Å². The van der Waals surface area contributed by atoms with Gasteiger partial charge in [0.25, 0.3) is 0 Å². The molecule has 3 N–H and O–H groups in total. The van der Waals surface area contributed by atoms with Crippen LogP contribution in [-0.4, -0.2) is 12.5 Å². The van der Waals surface area contributed by atoms with Gasteiger partial charge in [-0.2, -0.15) is 8.78 Å². The Morgan fingerprint density at radius 3 is 1.89 bits per heavy atom. The number of nitrogens with two attached hydrogens (primary N) is 1. The first-order valence-corrected chi connectivity index (χ1v) is 4.53. The molecule has 18 heavy (non-hydrogen) atoms. The predicted octanol–water partition coefficient (Wildman–Crippen LogP) is 1.14. The lowest BCUT2D eigenvalue weighted by Crippen LogP contribution is -2.31. The van der Waals surface area contributed by atoms with Gasteiger partial charge in [0.2, 0.25) is 35.0 Å². The van der Waals surface area contributed by atoms with Crippen LogP contribution in [-0.2, 0) is 4.79 Å². The summed E-state index contributed by atoms with van der Waals surface area (Å²) in [5.41, 5.74) is 1.70. The molecule has 1 aromatic rings. The van der Waals surface area contributed by atoms with Crippen LogP contribution in [0.25, 0.3) is 0 Å². The highest BCUT2D eigenvalue weighted by Crippen LogP contribution is 2.29. The topological polar surface area (TPSA) is 64.3 Å². The number of hydrazine groups is 1. The summed E-state index contributed by atoms with van der Waals surface area (Å²) in [5.74, 6) is -8.16. The minimum absolute atomic E-state index is 0.407. The molecule has 0 unspecified atom stereocenters. The highest BCUT2D eigenvalue weighted by atomic mass is 19.2. The van der Waals surface area contributed by atoms with E-state index in [1.807, 2.05) is 0 Å². The molecular formula is C9H7F5N2O2. The minimum atomic E-state index is -2.28. The van der Waals surface area contributed by atoms with Crippen molar-refractivity contribution in [2.24, 2.45) is 5.84 Å². The normalized spacial score (nSPS) is 10.3. The smallest absolute Gasteiger partial charge is 0.237 e. The molecule has 0 aliphatic carbocycles. The zero-order valence-electron chi connectivity index (χ0n) is 8.70. The number of benzene rings is 1. The zero-order valence-corrected chi connectivity index (χ0v) is 8.70. The van der Waals surface area contributed by atoms with Crippen LogP contribution in [0.15, 0.2) is 0 Å². The Hall–Kier alpha value is -1.90. The second-order valence-electron chi connectivity index (χ2n) is 3.07. The third kappa shape index (κ3) is 2.67. The molecular weight excluding hydrogens is 263 g/mol. The lowest BCUT2D eigenvalue weighted by atomic mass is 10.2. The monoisotopic (exact) mass is 270 g/mol. The Labute approximate surface area is 97.5 Å². The van der Waals surface area contributed by atoms with Crippen LogP contribution in [0, 0.1) is 29.1 Å². The number of hydrogen-bond donors (Lipinski definition) is 2. The summed E-state index contributed by atoms with van der Waals surface area (Å²) < 4.78 is 68.5. The van der Waals surface area contributed by atoms with Gasteiger partial charge in [-0.05, 0) is 0 Å².